The van der Waals surface area contributed by atoms with Gasteiger partial charge in [0.15, 0.2) is 5.69 Å². The largest absolute Gasteiger partial charge is 0.292 e. The van der Waals surface area contributed by atoms with Gasteiger partial charge in [0.1, 0.15) is 5.15 Å². The third-order valence-electron chi connectivity index (χ3n) is 5.67. The molecule has 8 nitrogen and oxygen atoms in total. The number of carbonyl (C=O) groups excluding carboxylic acids is 1. The van der Waals surface area contributed by atoms with E-state index in [9.17, 15) is 9.59 Å². The van der Waals surface area contributed by atoms with Crippen molar-refractivity contribution in [3.05, 3.63) is 123 Å². The summed E-state index contributed by atoms with van der Waals surface area (Å²) >= 11 is 6.54. The Morgan fingerprint density at radius 1 is 0.944 bits per heavy atom. The number of carbonyl (C=O) groups is 1. The maximum Gasteiger partial charge on any atom is 0.292 e. The van der Waals surface area contributed by atoms with Crippen LogP contribution in [-0.2, 0) is 6.54 Å². The van der Waals surface area contributed by atoms with Crippen molar-refractivity contribution in [3.8, 4) is 5.69 Å². The Labute approximate surface area is 211 Å². The second kappa shape index (κ2) is 9.97. The zero-order chi connectivity index (χ0) is 25.1. The van der Waals surface area contributed by atoms with E-state index in [0.717, 1.165) is 11.3 Å². The van der Waals surface area contributed by atoms with E-state index < -0.39 is 5.91 Å². The van der Waals surface area contributed by atoms with Crippen LogP contribution in [0.4, 0.5) is 0 Å². The van der Waals surface area contributed by atoms with Gasteiger partial charge < -0.3 is 0 Å². The maximum atomic E-state index is 13.1. The van der Waals surface area contributed by atoms with Gasteiger partial charge in [0.05, 0.1) is 35.1 Å². The third-order valence-corrected chi connectivity index (χ3v) is 6.03. The lowest BCUT2D eigenvalue weighted by atomic mass is 10.1. The molecular weight excluding hydrogens is 476 g/mol. The Hall–Kier alpha value is -4.56. The van der Waals surface area contributed by atoms with E-state index in [-0.39, 0.29) is 17.8 Å². The molecule has 0 saturated carbocycles. The van der Waals surface area contributed by atoms with E-state index >= 15 is 0 Å². The van der Waals surface area contributed by atoms with Gasteiger partial charge in [-0.25, -0.2) is 14.8 Å². The van der Waals surface area contributed by atoms with Gasteiger partial charge in [0.25, 0.3) is 11.5 Å². The Balaban J connectivity index is 1.44. The first-order valence-corrected chi connectivity index (χ1v) is 11.6. The van der Waals surface area contributed by atoms with Crippen LogP contribution in [0.3, 0.4) is 0 Å². The predicted molar refractivity (Wildman–Crippen MR) is 140 cm³/mol. The molecule has 2 heterocycles. The number of nitrogens with one attached hydrogen (secondary N) is 1. The fraction of sp³-hybridized carbons (Fsp3) is 0.0741. The molecule has 36 heavy (non-hydrogen) atoms. The number of amides is 1. The lowest BCUT2D eigenvalue weighted by Gasteiger charge is -2.10. The summed E-state index contributed by atoms with van der Waals surface area (Å²) in [6.07, 6.45) is 1.45. The van der Waals surface area contributed by atoms with Crippen LogP contribution in [0.2, 0.25) is 5.15 Å². The molecule has 0 saturated heterocycles. The van der Waals surface area contributed by atoms with Gasteiger partial charge >= 0.3 is 0 Å². The lowest BCUT2D eigenvalue weighted by molar-refractivity contribution is 0.0949. The number of fused-ring (bicyclic) bond motifs is 1. The van der Waals surface area contributed by atoms with E-state index in [1.54, 1.807) is 28.9 Å². The second-order valence-electron chi connectivity index (χ2n) is 8.08. The molecule has 5 rings (SSSR count). The molecule has 0 aliphatic rings. The number of hydrazone groups is 1. The van der Waals surface area contributed by atoms with Gasteiger partial charge in [-0.1, -0.05) is 78.3 Å². The summed E-state index contributed by atoms with van der Waals surface area (Å²) < 4.78 is 2.90. The number of aryl methyl sites for hydroxylation is 1. The van der Waals surface area contributed by atoms with Gasteiger partial charge in [-0.15, -0.1) is 0 Å². The van der Waals surface area contributed by atoms with Crippen molar-refractivity contribution in [1.82, 2.24) is 25.0 Å². The highest BCUT2D eigenvalue weighted by molar-refractivity contribution is 6.32. The predicted octanol–water partition coefficient (Wildman–Crippen LogP) is 4.36. The smallest absolute Gasteiger partial charge is 0.267 e. The molecule has 1 N–H and O–H groups in total. The van der Waals surface area contributed by atoms with E-state index in [2.05, 4.69) is 20.7 Å². The summed E-state index contributed by atoms with van der Waals surface area (Å²) in [6, 6.07) is 25.8. The summed E-state index contributed by atoms with van der Waals surface area (Å²) in [7, 11) is 0. The first kappa shape index (κ1) is 23.2. The van der Waals surface area contributed by atoms with E-state index in [1.165, 1.54) is 10.9 Å². The van der Waals surface area contributed by atoms with Crippen molar-refractivity contribution in [2.24, 2.45) is 5.10 Å². The first-order valence-electron chi connectivity index (χ1n) is 11.2. The van der Waals surface area contributed by atoms with Crippen molar-refractivity contribution in [1.29, 1.82) is 0 Å². The van der Waals surface area contributed by atoms with Crippen LogP contribution in [0.1, 0.15) is 27.3 Å². The van der Waals surface area contributed by atoms with Crippen LogP contribution in [0, 0.1) is 6.92 Å². The van der Waals surface area contributed by atoms with Gasteiger partial charge in [0.2, 0.25) is 0 Å². The normalized spacial score (nSPS) is 11.3. The van der Waals surface area contributed by atoms with Gasteiger partial charge in [-0.2, -0.15) is 15.3 Å². The topological polar surface area (TPSA) is 94.2 Å². The number of para-hydroxylation sites is 1. The Bertz CT molecular complexity index is 1640. The number of rotatable bonds is 6. The molecule has 0 spiro atoms. The molecule has 0 aliphatic carbocycles. The monoisotopic (exact) mass is 496 g/mol. The van der Waals surface area contributed by atoms with E-state index in [1.807, 2.05) is 67.6 Å². The zero-order valence-corrected chi connectivity index (χ0v) is 20.1. The highest BCUT2D eigenvalue weighted by Gasteiger charge is 2.17. The summed E-state index contributed by atoms with van der Waals surface area (Å²) in [4.78, 5) is 26.1. The van der Waals surface area contributed by atoms with Gasteiger partial charge in [-0.3, -0.25) is 9.59 Å². The molecule has 9 heteroatoms. The molecule has 1 amide bonds. The minimum absolute atomic E-state index is 0.0982. The quantitative estimate of drug-likeness (QED) is 0.279. The average Bonchev–Trinajstić information content (AvgIpc) is 3.20. The number of benzene rings is 3. The van der Waals surface area contributed by atoms with Crippen molar-refractivity contribution in [2.75, 3.05) is 0 Å². The molecule has 0 bridgehead atoms. The summed E-state index contributed by atoms with van der Waals surface area (Å²) in [5.74, 6) is -0.548. The SMILES string of the molecule is Cc1nn(-c2ccccc2)c(Cl)c1C=NNC(=O)c1nn(Cc2ccccc2)c(=O)c2ccccc12. The zero-order valence-electron chi connectivity index (χ0n) is 19.3. The molecule has 5 aromatic rings. The third kappa shape index (κ3) is 4.54. The van der Waals surface area contributed by atoms with Crippen LogP contribution in [0.15, 0.2) is 94.8 Å². The van der Waals surface area contributed by atoms with Crippen molar-refractivity contribution >= 4 is 34.5 Å². The molecular formula is C27H21ClN6O2. The maximum absolute atomic E-state index is 13.1. The average molecular weight is 497 g/mol. The fourth-order valence-corrected chi connectivity index (χ4v) is 4.19. The summed E-state index contributed by atoms with van der Waals surface area (Å²) in [5, 5.41) is 14.2. The van der Waals surface area contributed by atoms with Crippen molar-refractivity contribution in [2.45, 2.75) is 13.5 Å². The van der Waals surface area contributed by atoms with E-state index in [0.29, 0.717) is 27.2 Å². The Morgan fingerprint density at radius 3 is 2.31 bits per heavy atom. The molecule has 2 aromatic heterocycles. The fourth-order valence-electron chi connectivity index (χ4n) is 3.87. The van der Waals surface area contributed by atoms with Crippen LogP contribution in [0.25, 0.3) is 16.5 Å². The van der Waals surface area contributed by atoms with Crippen LogP contribution < -0.4 is 11.0 Å². The minimum Gasteiger partial charge on any atom is -0.267 e. The molecule has 178 valence electrons. The minimum atomic E-state index is -0.548. The summed E-state index contributed by atoms with van der Waals surface area (Å²) in [5.41, 5.74) is 5.27. The molecule has 0 radical (unpaired) electrons. The molecule has 0 unspecified atom stereocenters. The molecule has 3 aromatic carbocycles. The number of nitrogens with zero attached hydrogens (tertiary/aromatic N) is 5. The van der Waals surface area contributed by atoms with E-state index in [4.69, 9.17) is 11.6 Å². The molecule has 0 aliphatic heterocycles. The summed E-state index contributed by atoms with van der Waals surface area (Å²) in [6.45, 7) is 2.05. The number of hydrogen-bond donors (Lipinski definition) is 1. The van der Waals surface area contributed by atoms with Gasteiger partial charge in [0, 0.05) is 5.39 Å². The van der Waals surface area contributed by atoms with Crippen molar-refractivity contribution < 1.29 is 4.79 Å². The molecule has 0 atom stereocenters. The van der Waals surface area contributed by atoms with Gasteiger partial charge in [-0.05, 0) is 30.7 Å². The number of halogens is 1. The van der Waals surface area contributed by atoms with Crippen LogP contribution in [0.5, 0.6) is 0 Å². The first-order chi connectivity index (χ1) is 17.5. The second-order valence-corrected chi connectivity index (χ2v) is 8.44. The van der Waals surface area contributed by atoms with Crippen LogP contribution >= 0.6 is 11.6 Å². The molecule has 0 fully saturated rings. The highest BCUT2D eigenvalue weighted by atomic mass is 35.5. The number of aromatic nitrogens is 4. The Morgan fingerprint density at radius 2 is 1.58 bits per heavy atom. The highest BCUT2D eigenvalue weighted by Crippen LogP contribution is 2.22. The van der Waals surface area contributed by atoms with Crippen molar-refractivity contribution in [3.63, 3.8) is 0 Å². The Kier molecular flexibility index (Phi) is 6.42. The lowest BCUT2D eigenvalue weighted by Crippen LogP contribution is -2.29. The standard InChI is InChI=1S/C27H21ClN6O2/c1-18-23(25(28)34(31-18)20-12-6-3-7-13-20)16-29-30-26(35)24-21-14-8-9-15-22(21)27(36)33(32-24)17-19-10-4-2-5-11-19/h2-16H,17H2,1H3,(H,30,35). The number of hydrogen-bond acceptors (Lipinski definition) is 5. The van der Waals surface area contributed by atoms with Crippen LogP contribution in [-0.4, -0.2) is 31.7 Å².